The van der Waals surface area contributed by atoms with Gasteiger partial charge in [-0.05, 0) is 62.1 Å². The van der Waals surface area contributed by atoms with Gasteiger partial charge in [-0.25, -0.2) is 0 Å². The van der Waals surface area contributed by atoms with Crippen molar-refractivity contribution in [1.29, 1.82) is 5.26 Å². The molecule has 6 nitrogen and oxygen atoms in total. The van der Waals surface area contributed by atoms with Crippen molar-refractivity contribution in [3.63, 3.8) is 0 Å². The first-order valence-electron chi connectivity index (χ1n) is 13.6. The third-order valence-electron chi connectivity index (χ3n) is 7.46. The van der Waals surface area contributed by atoms with Crippen LogP contribution in [0.1, 0.15) is 68.2 Å². The highest BCUT2D eigenvalue weighted by Gasteiger charge is 2.33. The van der Waals surface area contributed by atoms with E-state index in [2.05, 4.69) is 42.2 Å². The Kier molecular flexibility index (Phi) is 9.45. The minimum absolute atomic E-state index is 0.0906. The Balaban J connectivity index is 1.72. The molecular weight excluding hydrogens is 512 g/mol. The second-order valence-electron chi connectivity index (χ2n) is 10.1. The predicted molar refractivity (Wildman–Crippen MR) is 160 cm³/mol. The van der Waals surface area contributed by atoms with Crippen LogP contribution in [0.15, 0.2) is 40.0 Å². The normalized spacial score (nSPS) is 17.5. The summed E-state index contributed by atoms with van der Waals surface area (Å²) < 4.78 is 2.32. The largest absolute Gasteiger partial charge is 0.357 e. The summed E-state index contributed by atoms with van der Waals surface area (Å²) in [6.07, 6.45) is 7.60. The summed E-state index contributed by atoms with van der Waals surface area (Å²) in [5.41, 5.74) is 2.67. The fraction of sp³-hybridized carbons (Fsp3) is 0.467. The zero-order valence-electron chi connectivity index (χ0n) is 22.5. The van der Waals surface area contributed by atoms with E-state index in [1.54, 1.807) is 9.47 Å². The Morgan fingerprint density at radius 3 is 2.45 bits per heavy atom. The zero-order valence-corrected chi connectivity index (χ0v) is 24.2. The van der Waals surface area contributed by atoms with Gasteiger partial charge < -0.3 is 4.90 Å². The quantitative estimate of drug-likeness (QED) is 0.287. The van der Waals surface area contributed by atoms with Gasteiger partial charge in [-0.3, -0.25) is 19.1 Å². The summed E-state index contributed by atoms with van der Waals surface area (Å²) >= 11 is 6.84. The SMILES string of the molecule is CCCCN1C(=O)/C(=C\c2c(C)c(C#N)c(=O)n(CCC)c2N2CCC(Cc3ccccc3)CC2)SC1=S. The Labute approximate surface area is 235 Å². The van der Waals surface area contributed by atoms with E-state index in [9.17, 15) is 14.9 Å². The summed E-state index contributed by atoms with van der Waals surface area (Å²) in [6, 6.07) is 12.7. The van der Waals surface area contributed by atoms with Gasteiger partial charge in [-0.2, -0.15) is 5.26 Å². The van der Waals surface area contributed by atoms with Crippen LogP contribution in [0.2, 0.25) is 0 Å². The molecule has 0 atom stereocenters. The molecule has 0 spiro atoms. The lowest BCUT2D eigenvalue weighted by atomic mass is 9.90. The average molecular weight is 549 g/mol. The van der Waals surface area contributed by atoms with Gasteiger partial charge in [-0.1, -0.05) is 74.6 Å². The molecule has 2 saturated heterocycles. The summed E-state index contributed by atoms with van der Waals surface area (Å²) in [5.74, 6) is 1.31. The minimum atomic E-state index is -0.249. The average Bonchev–Trinajstić information content (AvgIpc) is 3.19. The van der Waals surface area contributed by atoms with Crippen LogP contribution in [0.4, 0.5) is 5.82 Å². The molecule has 3 heterocycles. The van der Waals surface area contributed by atoms with Gasteiger partial charge in [0.25, 0.3) is 11.5 Å². The fourth-order valence-corrected chi connectivity index (χ4v) is 6.64. The first-order chi connectivity index (χ1) is 18.4. The molecule has 200 valence electrons. The van der Waals surface area contributed by atoms with Crippen LogP contribution >= 0.6 is 24.0 Å². The molecule has 1 amide bonds. The molecule has 1 aromatic heterocycles. The third-order valence-corrected chi connectivity index (χ3v) is 8.84. The number of rotatable bonds is 9. The van der Waals surface area contributed by atoms with Gasteiger partial charge in [0.15, 0.2) is 0 Å². The lowest BCUT2D eigenvalue weighted by Gasteiger charge is -2.36. The Morgan fingerprint density at radius 1 is 1.11 bits per heavy atom. The van der Waals surface area contributed by atoms with Crippen LogP contribution < -0.4 is 10.5 Å². The van der Waals surface area contributed by atoms with E-state index in [0.29, 0.717) is 33.8 Å². The molecule has 2 aliphatic heterocycles. The number of hydrogen-bond donors (Lipinski definition) is 0. The molecule has 4 rings (SSSR count). The lowest BCUT2D eigenvalue weighted by molar-refractivity contribution is -0.122. The van der Waals surface area contributed by atoms with E-state index < -0.39 is 0 Å². The zero-order chi connectivity index (χ0) is 27.2. The maximum absolute atomic E-state index is 13.4. The van der Waals surface area contributed by atoms with Crippen LogP contribution in [0.25, 0.3) is 6.08 Å². The number of amides is 1. The van der Waals surface area contributed by atoms with E-state index in [0.717, 1.165) is 63.0 Å². The van der Waals surface area contributed by atoms with Crippen molar-refractivity contribution in [1.82, 2.24) is 9.47 Å². The van der Waals surface area contributed by atoms with Crippen molar-refractivity contribution in [2.75, 3.05) is 24.5 Å². The second-order valence-corrected chi connectivity index (χ2v) is 11.8. The van der Waals surface area contributed by atoms with Crippen molar-refractivity contribution >= 4 is 46.1 Å². The van der Waals surface area contributed by atoms with Gasteiger partial charge in [0.2, 0.25) is 0 Å². The van der Waals surface area contributed by atoms with Crippen molar-refractivity contribution < 1.29 is 4.79 Å². The monoisotopic (exact) mass is 548 g/mol. The van der Waals surface area contributed by atoms with Crippen molar-refractivity contribution in [3.05, 3.63) is 67.8 Å². The number of thiocarbonyl (C=S) groups is 1. The molecule has 0 saturated carbocycles. The van der Waals surface area contributed by atoms with Gasteiger partial charge in [-0.15, -0.1) is 0 Å². The summed E-state index contributed by atoms with van der Waals surface area (Å²) in [7, 11) is 0. The number of carbonyl (C=O) groups excluding carboxylic acids is 1. The standard InChI is InChI=1S/C30H36N4O2S2/c1-4-6-15-34-29(36)26(38-30(34)37)19-24-21(3)25(20-31)28(35)33(14-5-2)27(24)32-16-12-23(13-17-32)18-22-10-8-7-9-11-22/h7-11,19,23H,4-6,12-18H2,1-3H3/b26-19+. The molecule has 2 aliphatic rings. The van der Waals surface area contributed by atoms with E-state index in [1.165, 1.54) is 17.3 Å². The van der Waals surface area contributed by atoms with E-state index in [4.69, 9.17) is 12.2 Å². The Morgan fingerprint density at radius 2 is 1.82 bits per heavy atom. The summed E-state index contributed by atoms with van der Waals surface area (Å²) in [6.45, 7) is 8.73. The second kappa shape index (κ2) is 12.8. The minimum Gasteiger partial charge on any atom is -0.357 e. The molecule has 0 unspecified atom stereocenters. The highest BCUT2D eigenvalue weighted by atomic mass is 32.2. The van der Waals surface area contributed by atoms with Crippen molar-refractivity contribution in [2.45, 2.75) is 65.8 Å². The predicted octanol–water partition coefficient (Wildman–Crippen LogP) is 5.90. The number of unbranched alkanes of at least 4 members (excludes halogenated alkanes) is 1. The van der Waals surface area contributed by atoms with E-state index in [-0.39, 0.29) is 17.0 Å². The van der Waals surface area contributed by atoms with Gasteiger partial charge >= 0.3 is 0 Å². The number of carbonyl (C=O) groups is 1. The van der Waals surface area contributed by atoms with Crippen LogP contribution in [-0.4, -0.2) is 39.3 Å². The molecule has 0 bridgehead atoms. The molecule has 0 radical (unpaired) electrons. The van der Waals surface area contributed by atoms with E-state index in [1.807, 2.05) is 26.0 Å². The number of aromatic nitrogens is 1. The third kappa shape index (κ3) is 5.89. The highest BCUT2D eigenvalue weighted by molar-refractivity contribution is 8.26. The number of hydrogen-bond acceptors (Lipinski definition) is 6. The number of piperidine rings is 1. The number of pyridine rings is 1. The topological polar surface area (TPSA) is 69.3 Å². The molecule has 0 aliphatic carbocycles. The van der Waals surface area contributed by atoms with Crippen molar-refractivity contribution in [3.8, 4) is 6.07 Å². The number of benzene rings is 1. The first-order valence-corrected chi connectivity index (χ1v) is 14.8. The van der Waals surface area contributed by atoms with Crippen LogP contribution in [0.3, 0.4) is 0 Å². The molecule has 0 N–H and O–H groups in total. The fourth-order valence-electron chi connectivity index (χ4n) is 5.35. The van der Waals surface area contributed by atoms with Crippen LogP contribution in [0.5, 0.6) is 0 Å². The number of anilines is 1. The molecular formula is C30H36N4O2S2. The lowest BCUT2D eigenvalue weighted by Crippen LogP contribution is -2.40. The Bertz CT molecular complexity index is 1320. The van der Waals surface area contributed by atoms with Crippen LogP contribution in [0, 0.1) is 24.2 Å². The molecule has 2 aromatic rings. The number of nitrogens with zero attached hydrogens (tertiary/aromatic N) is 4. The molecule has 1 aromatic carbocycles. The number of nitriles is 1. The maximum atomic E-state index is 13.4. The first kappa shape index (κ1) is 28.1. The maximum Gasteiger partial charge on any atom is 0.270 e. The molecule has 8 heteroatoms. The Hall–Kier alpha value is -2.89. The van der Waals surface area contributed by atoms with Gasteiger partial charge in [0, 0.05) is 31.7 Å². The van der Waals surface area contributed by atoms with Gasteiger partial charge in [0.1, 0.15) is 21.8 Å². The number of thioether (sulfide) groups is 1. The molecule has 2 fully saturated rings. The smallest absolute Gasteiger partial charge is 0.270 e. The van der Waals surface area contributed by atoms with E-state index >= 15 is 0 Å². The summed E-state index contributed by atoms with van der Waals surface area (Å²) in [4.78, 5) is 31.2. The molecule has 38 heavy (non-hydrogen) atoms. The van der Waals surface area contributed by atoms with Gasteiger partial charge in [0.05, 0.1) is 4.91 Å². The van der Waals surface area contributed by atoms with Crippen molar-refractivity contribution in [2.24, 2.45) is 5.92 Å². The summed E-state index contributed by atoms with van der Waals surface area (Å²) in [5, 5.41) is 9.89. The highest BCUT2D eigenvalue weighted by Crippen LogP contribution is 2.37. The van der Waals surface area contributed by atoms with Crippen LogP contribution in [-0.2, 0) is 17.8 Å².